The molecule has 1 fully saturated rings. The number of amides is 3. The Bertz CT molecular complexity index is 1450. The van der Waals surface area contributed by atoms with Gasteiger partial charge in [0.15, 0.2) is 5.82 Å². The van der Waals surface area contributed by atoms with Crippen LogP contribution in [0, 0.1) is 11.3 Å². The highest BCUT2D eigenvalue weighted by Gasteiger charge is 2.49. The normalized spacial score (nSPS) is 18.0. The van der Waals surface area contributed by atoms with Gasteiger partial charge in [0.05, 0.1) is 22.4 Å². The summed E-state index contributed by atoms with van der Waals surface area (Å²) in [6.07, 6.45) is 3.36. The molecule has 1 aliphatic carbocycles. The monoisotopic (exact) mass is 609 g/mol. The average Bonchev–Trinajstić information content (AvgIpc) is 3.78. The van der Waals surface area contributed by atoms with Crippen LogP contribution in [0.1, 0.15) is 72.2 Å². The fraction of sp³-hybridized carbons (Fsp3) is 0.536. The van der Waals surface area contributed by atoms with Gasteiger partial charge in [-0.3, -0.25) is 14.4 Å². The predicted octanol–water partition coefficient (Wildman–Crippen LogP) is 2.04. The standard InChI is InChI=1S/C28H35N9O3S2/c1-16(30-15-22(38)37-10-6-7-19(37)14-29)13-28(27-31-33-34-32-27)23-17(11-20(41-23)25(39)35(2)3)8-9-18-12-21(42-24(18)28)26(40)36(4)5/h11-12,16,19,30H,6-10,13,15H2,1-5H3,(H,31,32,33,34)/t16-,19-/m0/s1. The van der Waals surface area contributed by atoms with Crippen molar-refractivity contribution < 1.29 is 14.4 Å². The molecule has 2 atom stereocenters. The topological polar surface area (TPSA) is 151 Å². The number of carbonyl (C=O) groups is 3. The number of nitrogens with one attached hydrogen (secondary N) is 2. The number of aromatic nitrogens is 4. The largest absolute Gasteiger partial charge is 0.344 e. The molecule has 0 saturated carbocycles. The number of rotatable bonds is 8. The van der Waals surface area contributed by atoms with E-state index in [1.807, 2.05) is 19.1 Å². The van der Waals surface area contributed by atoms with Crippen molar-refractivity contribution in [3.63, 3.8) is 0 Å². The van der Waals surface area contributed by atoms with Crippen molar-refractivity contribution >= 4 is 40.4 Å². The maximum atomic E-state index is 13.1. The van der Waals surface area contributed by atoms with Gasteiger partial charge < -0.3 is 20.0 Å². The van der Waals surface area contributed by atoms with E-state index in [4.69, 9.17) is 0 Å². The van der Waals surface area contributed by atoms with Gasteiger partial charge in [-0.1, -0.05) is 5.21 Å². The third-order valence-corrected chi connectivity index (χ3v) is 10.6. The van der Waals surface area contributed by atoms with Gasteiger partial charge in [0.25, 0.3) is 11.8 Å². The number of carbonyl (C=O) groups excluding carboxylic acids is 3. The highest BCUT2D eigenvalue weighted by molar-refractivity contribution is 7.16. The summed E-state index contributed by atoms with van der Waals surface area (Å²) in [6, 6.07) is 5.58. The molecule has 0 spiro atoms. The molecule has 3 amide bonds. The number of hydrogen-bond donors (Lipinski definition) is 2. The molecule has 3 aromatic rings. The third-order valence-electron chi connectivity index (χ3n) is 7.95. The van der Waals surface area contributed by atoms with Crippen LogP contribution < -0.4 is 5.32 Å². The van der Waals surface area contributed by atoms with E-state index in [9.17, 15) is 19.6 Å². The Morgan fingerprint density at radius 3 is 2.21 bits per heavy atom. The molecular formula is C28H35N9O3S2. The summed E-state index contributed by atoms with van der Waals surface area (Å²) in [6.45, 7) is 2.68. The summed E-state index contributed by atoms with van der Waals surface area (Å²) in [5.41, 5.74) is 1.16. The number of H-pyrrole nitrogens is 1. The van der Waals surface area contributed by atoms with Gasteiger partial charge in [-0.25, -0.2) is 0 Å². The highest BCUT2D eigenvalue weighted by atomic mass is 32.1. The number of fused-ring (bicyclic) bond motifs is 2. The van der Waals surface area contributed by atoms with Gasteiger partial charge in [0.1, 0.15) is 11.5 Å². The van der Waals surface area contributed by atoms with Crippen molar-refractivity contribution in [3.8, 4) is 6.07 Å². The SMILES string of the molecule is C[C@@H](CC1(c2nn[nH]n2)c2sc(C(=O)N(C)C)cc2CCc2cc(C(=O)N(C)C)sc21)NCC(=O)N1CCC[C@H]1C#N. The number of nitrogens with zero attached hydrogens (tertiary/aromatic N) is 7. The summed E-state index contributed by atoms with van der Waals surface area (Å²) in [5, 5.41) is 28.4. The summed E-state index contributed by atoms with van der Waals surface area (Å²) >= 11 is 2.85. The van der Waals surface area contributed by atoms with Crippen LogP contribution in [0.15, 0.2) is 12.1 Å². The van der Waals surface area contributed by atoms with E-state index in [-0.39, 0.29) is 36.3 Å². The van der Waals surface area contributed by atoms with Crippen LogP contribution in [0.5, 0.6) is 0 Å². The first-order chi connectivity index (χ1) is 20.1. The molecule has 5 rings (SSSR count). The summed E-state index contributed by atoms with van der Waals surface area (Å²) < 4.78 is 0. The van der Waals surface area contributed by atoms with E-state index in [0.29, 0.717) is 47.8 Å². The molecule has 3 aromatic heterocycles. The second-order valence-corrected chi connectivity index (χ2v) is 13.4. The molecule has 12 nitrogen and oxygen atoms in total. The average molecular weight is 610 g/mol. The van der Waals surface area contributed by atoms with Crippen LogP contribution in [0.3, 0.4) is 0 Å². The minimum absolute atomic E-state index is 0.0839. The quantitative estimate of drug-likeness (QED) is 0.394. The van der Waals surface area contributed by atoms with Gasteiger partial charge in [-0.2, -0.15) is 10.5 Å². The predicted molar refractivity (Wildman–Crippen MR) is 159 cm³/mol. The lowest BCUT2D eigenvalue weighted by Crippen LogP contribution is -2.45. The minimum Gasteiger partial charge on any atom is -0.344 e. The molecule has 222 valence electrons. The van der Waals surface area contributed by atoms with Crippen molar-refractivity contribution in [2.45, 2.75) is 56.5 Å². The summed E-state index contributed by atoms with van der Waals surface area (Å²) in [7, 11) is 6.93. The summed E-state index contributed by atoms with van der Waals surface area (Å²) in [4.78, 5) is 47.2. The first-order valence-electron chi connectivity index (χ1n) is 13.9. The van der Waals surface area contributed by atoms with E-state index in [0.717, 1.165) is 27.3 Å². The summed E-state index contributed by atoms with van der Waals surface area (Å²) in [5.74, 6) is 0.179. The fourth-order valence-electron chi connectivity index (χ4n) is 5.89. The van der Waals surface area contributed by atoms with Crippen molar-refractivity contribution in [1.29, 1.82) is 5.26 Å². The molecule has 42 heavy (non-hydrogen) atoms. The molecule has 2 N–H and O–H groups in total. The van der Waals surface area contributed by atoms with Crippen molar-refractivity contribution in [3.05, 3.63) is 48.6 Å². The second-order valence-electron chi connectivity index (χ2n) is 11.3. The van der Waals surface area contributed by atoms with Crippen molar-refractivity contribution in [2.24, 2.45) is 0 Å². The van der Waals surface area contributed by atoms with Gasteiger partial charge >= 0.3 is 0 Å². The van der Waals surface area contributed by atoms with Crippen molar-refractivity contribution in [1.82, 2.24) is 40.6 Å². The van der Waals surface area contributed by atoms with E-state index in [1.54, 1.807) is 42.9 Å². The van der Waals surface area contributed by atoms with E-state index < -0.39 is 5.41 Å². The van der Waals surface area contributed by atoms with Gasteiger partial charge in [-0.05, 0) is 62.3 Å². The zero-order chi connectivity index (χ0) is 30.2. The number of aromatic amines is 1. The van der Waals surface area contributed by atoms with Gasteiger partial charge in [0, 0.05) is 50.5 Å². The maximum absolute atomic E-state index is 13.1. The van der Waals surface area contributed by atoms with E-state index in [2.05, 4.69) is 32.0 Å². The van der Waals surface area contributed by atoms with Crippen LogP contribution in [0.2, 0.25) is 0 Å². The Hall–Kier alpha value is -3.67. The Labute approximate surface area is 252 Å². The molecule has 0 aromatic carbocycles. The Morgan fingerprint density at radius 2 is 1.71 bits per heavy atom. The van der Waals surface area contributed by atoms with Crippen LogP contribution in [-0.2, 0) is 23.1 Å². The molecule has 14 heteroatoms. The van der Waals surface area contributed by atoms with Crippen LogP contribution >= 0.6 is 22.7 Å². The van der Waals surface area contributed by atoms with E-state index in [1.165, 1.54) is 22.7 Å². The number of nitriles is 1. The Balaban J connectivity index is 1.59. The Morgan fingerprint density at radius 1 is 1.12 bits per heavy atom. The van der Waals surface area contributed by atoms with Crippen LogP contribution in [0.25, 0.3) is 0 Å². The van der Waals surface area contributed by atoms with Gasteiger partial charge in [-0.15, -0.1) is 32.9 Å². The zero-order valence-corrected chi connectivity index (χ0v) is 26.1. The smallest absolute Gasteiger partial charge is 0.263 e. The number of aryl methyl sites for hydroxylation is 2. The van der Waals surface area contributed by atoms with Crippen LogP contribution in [-0.4, -0.2) is 106 Å². The molecule has 1 aliphatic heterocycles. The maximum Gasteiger partial charge on any atom is 0.263 e. The van der Waals surface area contributed by atoms with Crippen LogP contribution in [0.4, 0.5) is 0 Å². The molecule has 2 aliphatic rings. The molecule has 0 bridgehead atoms. The fourth-order valence-corrected chi connectivity index (χ4v) is 8.82. The third kappa shape index (κ3) is 5.32. The lowest BCUT2D eigenvalue weighted by Gasteiger charge is -2.33. The minimum atomic E-state index is -0.919. The lowest BCUT2D eigenvalue weighted by molar-refractivity contribution is -0.130. The number of hydrogen-bond acceptors (Lipinski definition) is 10. The number of likely N-dealkylation sites (tertiary alicyclic amines) is 1. The number of thiophene rings is 2. The lowest BCUT2D eigenvalue weighted by atomic mass is 9.76. The first-order valence-corrected chi connectivity index (χ1v) is 15.6. The number of tetrazole rings is 1. The molecular weight excluding hydrogens is 575 g/mol. The van der Waals surface area contributed by atoms with Crippen molar-refractivity contribution in [2.75, 3.05) is 41.3 Å². The molecule has 0 radical (unpaired) electrons. The Kier molecular flexibility index (Phi) is 8.45. The van der Waals surface area contributed by atoms with E-state index >= 15 is 0 Å². The zero-order valence-electron chi connectivity index (χ0n) is 24.4. The first kappa shape index (κ1) is 29.8. The molecule has 0 unspecified atom stereocenters. The highest BCUT2D eigenvalue weighted by Crippen LogP contribution is 2.52. The molecule has 1 saturated heterocycles. The second kappa shape index (κ2) is 11.9. The van der Waals surface area contributed by atoms with Gasteiger partial charge in [0.2, 0.25) is 5.91 Å². The molecule has 4 heterocycles.